The summed E-state index contributed by atoms with van der Waals surface area (Å²) in [5.41, 5.74) is 1.04. The van der Waals surface area contributed by atoms with Crippen LogP contribution in [0.1, 0.15) is 38.2 Å². The molecule has 126 valence electrons. The minimum absolute atomic E-state index is 0.0227. The van der Waals surface area contributed by atoms with Gasteiger partial charge in [0.2, 0.25) is 11.8 Å². The van der Waals surface area contributed by atoms with E-state index in [9.17, 15) is 9.59 Å². The second kappa shape index (κ2) is 9.18. The van der Waals surface area contributed by atoms with Crippen molar-refractivity contribution < 1.29 is 14.3 Å². The number of amides is 2. The van der Waals surface area contributed by atoms with E-state index in [1.165, 1.54) is 0 Å². The number of nitrogens with zero attached hydrogens (tertiary/aromatic N) is 1. The van der Waals surface area contributed by atoms with Gasteiger partial charge in [0.15, 0.2) is 0 Å². The summed E-state index contributed by atoms with van der Waals surface area (Å²) in [6, 6.07) is 7.78. The highest BCUT2D eigenvalue weighted by Gasteiger charge is 2.17. The first-order valence-electron chi connectivity index (χ1n) is 8.46. The van der Waals surface area contributed by atoms with E-state index in [4.69, 9.17) is 4.74 Å². The van der Waals surface area contributed by atoms with Gasteiger partial charge in [-0.1, -0.05) is 18.2 Å². The van der Waals surface area contributed by atoms with E-state index in [1.807, 2.05) is 36.1 Å². The largest absolute Gasteiger partial charge is 0.494 e. The van der Waals surface area contributed by atoms with E-state index in [0.29, 0.717) is 32.4 Å². The number of hydrogen-bond acceptors (Lipinski definition) is 3. The molecule has 2 amide bonds. The van der Waals surface area contributed by atoms with E-state index < -0.39 is 0 Å². The Bertz CT molecular complexity index is 525. The van der Waals surface area contributed by atoms with Gasteiger partial charge in [-0.3, -0.25) is 9.59 Å². The molecule has 0 radical (unpaired) electrons. The summed E-state index contributed by atoms with van der Waals surface area (Å²) in [6.07, 6.45) is 3.63. The SMILES string of the molecule is CCOc1ccccc1CCC(=O)NCCC(=O)N1CCCC1. The Labute approximate surface area is 138 Å². The number of rotatable bonds is 8. The first-order valence-corrected chi connectivity index (χ1v) is 8.46. The second-order valence-electron chi connectivity index (χ2n) is 5.73. The molecule has 1 saturated heterocycles. The van der Waals surface area contributed by atoms with Gasteiger partial charge in [0, 0.05) is 32.5 Å². The Morgan fingerprint density at radius 1 is 1.17 bits per heavy atom. The Hall–Kier alpha value is -2.04. The van der Waals surface area contributed by atoms with Crippen LogP contribution >= 0.6 is 0 Å². The summed E-state index contributed by atoms with van der Waals surface area (Å²) < 4.78 is 5.56. The van der Waals surface area contributed by atoms with Gasteiger partial charge >= 0.3 is 0 Å². The fraction of sp³-hybridized carbons (Fsp3) is 0.556. The maximum Gasteiger partial charge on any atom is 0.224 e. The number of benzene rings is 1. The van der Waals surface area contributed by atoms with Crippen molar-refractivity contribution in [2.24, 2.45) is 0 Å². The summed E-state index contributed by atoms with van der Waals surface area (Å²) in [4.78, 5) is 25.7. The number of aryl methyl sites for hydroxylation is 1. The summed E-state index contributed by atoms with van der Waals surface area (Å²) in [6.45, 7) is 4.70. The van der Waals surface area contributed by atoms with E-state index in [-0.39, 0.29) is 11.8 Å². The molecule has 0 aliphatic carbocycles. The topological polar surface area (TPSA) is 58.6 Å². The predicted molar refractivity (Wildman–Crippen MR) is 89.4 cm³/mol. The molecule has 1 aromatic carbocycles. The third-order valence-electron chi connectivity index (χ3n) is 4.01. The molecule has 2 rings (SSSR count). The number of ether oxygens (including phenoxy) is 1. The van der Waals surface area contributed by atoms with Crippen LogP contribution in [-0.4, -0.2) is 43.0 Å². The molecule has 0 aromatic heterocycles. The molecular formula is C18H26N2O3. The monoisotopic (exact) mass is 318 g/mol. The maximum absolute atomic E-state index is 11.9. The van der Waals surface area contributed by atoms with Crippen LogP contribution in [0.15, 0.2) is 24.3 Å². The van der Waals surface area contributed by atoms with Gasteiger partial charge < -0.3 is 15.0 Å². The third-order valence-corrected chi connectivity index (χ3v) is 4.01. The van der Waals surface area contributed by atoms with Crippen LogP contribution in [-0.2, 0) is 16.0 Å². The second-order valence-corrected chi connectivity index (χ2v) is 5.73. The van der Waals surface area contributed by atoms with Crippen molar-refractivity contribution in [2.75, 3.05) is 26.2 Å². The van der Waals surface area contributed by atoms with Gasteiger partial charge in [0.1, 0.15) is 5.75 Å². The fourth-order valence-electron chi connectivity index (χ4n) is 2.78. The molecule has 0 spiro atoms. The molecule has 1 fully saturated rings. The van der Waals surface area contributed by atoms with Gasteiger partial charge in [0.25, 0.3) is 0 Å². The van der Waals surface area contributed by atoms with Crippen molar-refractivity contribution in [3.8, 4) is 5.75 Å². The quantitative estimate of drug-likeness (QED) is 0.799. The Balaban J connectivity index is 1.68. The summed E-state index contributed by atoms with van der Waals surface area (Å²) in [7, 11) is 0. The summed E-state index contributed by atoms with van der Waals surface area (Å²) >= 11 is 0. The zero-order valence-electron chi connectivity index (χ0n) is 13.8. The maximum atomic E-state index is 11.9. The van der Waals surface area contributed by atoms with Crippen LogP contribution in [0.5, 0.6) is 5.75 Å². The number of nitrogens with one attached hydrogen (secondary N) is 1. The molecule has 0 atom stereocenters. The van der Waals surface area contributed by atoms with Crippen LogP contribution < -0.4 is 10.1 Å². The molecule has 1 N–H and O–H groups in total. The first-order chi connectivity index (χ1) is 11.2. The van der Waals surface area contributed by atoms with Gasteiger partial charge in [-0.15, -0.1) is 0 Å². The highest BCUT2D eigenvalue weighted by Crippen LogP contribution is 2.19. The standard InChI is InChI=1S/C18H26N2O3/c1-2-23-16-8-4-3-7-15(16)9-10-17(21)19-12-11-18(22)20-13-5-6-14-20/h3-4,7-8H,2,5-6,9-14H2,1H3,(H,19,21). The van der Waals surface area contributed by atoms with E-state index >= 15 is 0 Å². The fourth-order valence-corrected chi connectivity index (χ4v) is 2.78. The lowest BCUT2D eigenvalue weighted by Crippen LogP contribution is -2.32. The number of hydrogen-bond donors (Lipinski definition) is 1. The first kappa shape index (κ1) is 17.3. The molecule has 0 saturated carbocycles. The van der Waals surface area contributed by atoms with Crippen molar-refractivity contribution in [1.29, 1.82) is 0 Å². The smallest absolute Gasteiger partial charge is 0.224 e. The van der Waals surface area contributed by atoms with Gasteiger partial charge in [-0.25, -0.2) is 0 Å². The average molecular weight is 318 g/mol. The zero-order valence-corrected chi connectivity index (χ0v) is 13.8. The Kier molecular flexibility index (Phi) is 6.91. The Morgan fingerprint density at radius 2 is 1.91 bits per heavy atom. The van der Waals surface area contributed by atoms with Crippen LogP contribution in [0.4, 0.5) is 0 Å². The Morgan fingerprint density at radius 3 is 2.65 bits per heavy atom. The normalized spacial score (nSPS) is 13.9. The molecule has 0 unspecified atom stereocenters. The lowest BCUT2D eigenvalue weighted by Gasteiger charge is -2.15. The van der Waals surface area contributed by atoms with Crippen molar-refractivity contribution in [1.82, 2.24) is 10.2 Å². The number of carbonyl (C=O) groups excluding carboxylic acids is 2. The minimum atomic E-state index is -0.0227. The summed E-state index contributed by atoms with van der Waals surface area (Å²) in [5.74, 6) is 0.960. The van der Waals surface area contributed by atoms with Crippen molar-refractivity contribution in [3.05, 3.63) is 29.8 Å². The van der Waals surface area contributed by atoms with Crippen molar-refractivity contribution in [3.63, 3.8) is 0 Å². The van der Waals surface area contributed by atoms with Gasteiger partial charge in [0.05, 0.1) is 6.61 Å². The lowest BCUT2D eigenvalue weighted by atomic mass is 10.1. The lowest BCUT2D eigenvalue weighted by molar-refractivity contribution is -0.130. The van der Waals surface area contributed by atoms with E-state index in [1.54, 1.807) is 0 Å². The van der Waals surface area contributed by atoms with Crippen LogP contribution in [0.2, 0.25) is 0 Å². The molecule has 0 bridgehead atoms. The molecule has 1 aliphatic rings. The predicted octanol–water partition coefficient (Wildman–Crippen LogP) is 2.15. The van der Waals surface area contributed by atoms with Crippen LogP contribution in [0.25, 0.3) is 0 Å². The van der Waals surface area contributed by atoms with Gasteiger partial charge in [-0.2, -0.15) is 0 Å². The molecule has 1 aliphatic heterocycles. The molecule has 5 heteroatoms. The van der Waals surface area contributed by atoms with Crippen molar-refractivity contribution in [2.45, 2.75) is 39.0 Å². The van der Waals surface area contributed by atoms with Crippen LogP contribution in [0.3, 0.4) is 0 Å². The van der Waals surface area contributed by atoms with E-state index in [2.05, 4.69) is 5.32 Å². The highest BCUT2D eigenvalue weighted by molar-refractivity contribution is 5.79. The highest BCUT2D eigenvalue weighted by atomic mass is 16.5. The molecular weight excluding hydrogens is 292 g/mol. The zero-order chi connectivity index (χ0) is 16.5. The molecule has 5 nitrogen and oxygen atoms in total. The third kappa shape index (κ3) is 5.58. The molecule has 23 heavy (non-hydrogen) atoms. The number of para-hydroxylation sites is 1. The minimum Gasteiger partial charge on any atom is -0.494 e. The average Bonchev–Trinajstić information content (AvgIpc) is 3.09. The van der Waals surface area contributed by atoms with Crippen LogP contribution in [0, 0.1) is 0 Å². The number of carbonyl (C=O) groups is 2. The summed E-state index contributed by atoms with van der Waals surface area (Å²) in [5, 5.41) is 2.83. The van der Waals surface area contributed by atoms with Crippen molar-refractivity contribution >= 4 is 11.8 Å². The number of likely N-dealkylation sites (tertiary alicyclic amines) is 1. The van der Waals surface area contributed by atoms with E-state index in [0.717, 1.165) is 37.2 Å². The molecule has 1 heterocycles. The van der Waals surface area contributed by atoms with Gasteiger partial charge in [-0.05, 0) is 37.8 Å². The molecule has 1 aromatic rings.